The van der Waals surface area contributed by atoms with Crippen molar-refractivity contribution in [1.29, 1.82) is 0 Å². The Labute approximate surface area is 119 Å². The van der Waals surface area contributed by atoms with E-state index in [4.69, 9.17) is 9.47 Å². The van der Waals surface area contributed by atoms with Crippen molar-refractivity contribution in [3.05, 3.63) is 0 Å². The summed E-state index contributed by atoms with van der Waals surface area (Å²) in [6, 6.07) is 0. The number of methoxy groups -OCH3 is 1. The molecule has 3 fully saturated rings. The van der Waals surface area contributed by atoms with Crippen LogP contribution in [0.15, 0.2) is 0 Å². The van der Waals surface area contributed by atoms with Gasteiger partial charge in [-0.15, -0.1) is 0 Å². The lowest BCUT2D eigenvalue weighted by Gasteiger charge is -2.47. The second-order valence-corrected chi connectivity index (χ2v) is 6.97. The fourth-order valence-corrected chi connectivity index (χ4v) is 4.91. The molecular weight excluding hydrogens is 260 g/mol. The van der Waals surface area contributed by atoms with Gasteiger partial charge in [-0.25, -0.2) is 0 Å². The van der Waals surface area contributed by atoms with Gasteiger partial charge < -0.3 is 19.7 Å². The molecule has 5 heteroatoms. The van der Waals surface area contributed by atoms with Crippen LogP contribution in [0.5, 0.6) is 0 Å². The number of fused-ring (bicyclic) bond motifs is 1. The molecule has 0 aromatic heterocycles. The number of Topliss-reactive ketones (excluding diaryl/α,β-unsaturated/α-hetero) is 1. The third-order valence-electron chi connectivity index (χ3n) is 6.38. The number of hydrogen-bond acceptors (Lipinski definition) is 5. The van der Waals surface area contributed by atoms with Crippen LogP contribution in [0.3, 0.4) is 0 Å². The number of carbonyl (C=O) groups is 1. The van der Waals surface area contributed by atoms with Gasteiger partial charge in [-0.05, 0) is 31.1 Å². The molecule has 0 aromatic carbocycles. The van der Waals surface area contributed by atoms with Crippen molar-refractivity contribution in [2.24, 2.45) is 22.7 Å². The van der Waals surface area contributed by atoms with E-state index in [1.807, 2.05) is 6.92 Å². The van der Waals surface area contributed by atoms with Gasteiger partial charge >= 0.3 is 0 Å². The molecule has 2 N–H and O–H groups in total. The summed E-state index contributed by atoms with van der Waals surface area (Å²) in [7, 11) is 1.50. The van der Waals surface area contributed by atoms with Gasteiger partial charge in [0.1, 0.15) is 12.0 Å². The summed E-state index contributed by atoms with van der Waals surface area (Å²) in [4.78, 5) is 12.4. The second-order valence-electron chi connectivity index (χ2n) is 6.97. The fourth-order valence-electron chi connectivity index (χ4n) is 4.91. The van der Waals surface area contributed by atoms with Crippen LogP contribution in [0.1, 0.15) is 33.1 Å². The van der Waals surface area contributed by atoms with E-state index in [1.165, 1.54) is 7.11 Å². The zero-order chi connectivity index (χ0) is 14.7. The molecule has 0 bridgehead atoms. The Morgan fingerprint density at radius 2 is 2.05 bits per heavy atom. The van der Waals surface area contributed by atoms with Gasteiger partial charge in [0.25, 0.3) is 0 Å². The maximum atomic E-state index is 12.4. The lowest BCUT2D eigenvalue weighted by Crippen LogP contribution is -2.52. The lowest BCUT2D eigenvalue weighted by atomic mass is 9.61. The number of ether oxygens (including phenoxy) is 2. The first-order valence-corrected chi connectivity index (χ1v) is 7.42. The molecule has 1 spiro atoms. The summed E-state index contributed by atoms with van der Waals surface area (Å²) < 4.78 is 10.8. The van der Waals surface area contributed by atoms with Gasteiger partial charge in [-0.1, -0.05) is 13.8 Å². The van der Waals surface area contributed by atoms with E-state index >= 15 is 0 Å². The maximum absolute atomic E-state index is 12.4. The summed E-state index contributed by atoms with van der Waals surface area (Å²) in [6.07, 6.45) is 0.0613. The van der Waals surface area contributed by atoms with Gasteiger partial charge in [0.2, 0.25) is 0 Å². The van der Waals surface area contributed by atoms with E-state index in [9.17, 15) is 15.0 Å². The highest BCUT2D eigenvalue weighted by molar-refractivity contribution is 5.89. The molecule has 1 heterocycles. The average molecular weight is 284 g/mol. The Hall–Kier alpha value is -0.490. The molecular formula is C15H24O5. The van der Waals surface area contributed by atoms with E-state index < -0.39 is 29.3 Å². The molecule has 3 aliphatic rings. The zero-order valence-electron chi connectivity index (χ0n) is 12.3. The van der Waals surface area contributed by atoms with Crippen LogP contribution in [0.4, 0.5) is 0 Å². The van der Waals surface area contributed by atoms with E-state index in [1.54, 1.807) is 0 Å². The van der Waals surface area contributed by atoms with Gasteiger partial charge in [-0.2, -0.15) is 0 Å². The standard InChI is InChI=1S/C15H24O5/c1-8-4-5-10(16)9-6-15(12(18)14(8,9)2)11(17)7-20-13(15)19-3/h8-10,12-13,16,18H,4-7H2,1-3H3/t8-,9-,10+,12-,13-,14+,15-/m1/s1. The highest BCUT2D eigenvalue weighted by atomic mass is 16.7. The van der Waals surface area contributed by atoms with Gasteiger partial charge in [-0.3, -0.25) is 4.79 Å². The Bertz CT molecular complexity index is 424. The molecule has 1 aliphatic heterocycles. The van der Waals surface area contributed by atoms with Crippen LogP contribution in [0, 0.1) is 22.7 Å². The van der Waals surface area contributed by atoms with E-state index in [0.29, 0.717) is 6.42 Å². The zero-order valence-corrected chi connectivity index (χ0v) is 12.3. The van der Waals surface area contributed by atoms with Crippen LogP contribution < -0.4 is 0 Å². The largest absolute Gasteiger partial charge is 0.393 e. The SMILES string of the molecule is CO[C@@H]1OCC(=O)[C@@]12C[C@@H]1[C@@H](O)CC[C@@H](C)[C@]1(C)[C@H]2O. The summed E-state index contributed by atoms with van der Waals surface area (Å²) in [6.45, 7) is 4.09. The monoisotopic (exact) mass is 284 g/mol. The quantitative estimate of drug-likeness (QED) is 0.742. The molecule has 0 radical (unpaired) electrons. The van der Waals surface area contributed by atoms with Crippen molar-refractivity contribution >= 4 is 5.78 Å². The van der Waals surface area contributed by atoms with Crippen molar-refractivity contribution in [2.75, 3.05) is 13.7 Å². The fraction of sp³-hybridized carbons (Fsp3) is 0.933. The molecule has 20 heavy (non-hydrogen) atoms. The third-order valence-corrected chi connectivity index (χ3v) is 6.38. The van der Waals surface area contributed by atoms with Crippen molar-refractivity contribution in [3.8, 4) is 0 Å². The highest BCUT2D eigenvalue weighted by Crippen LogP contribution is 2.64. The second kappa shape index (κ2) is 4.50. The molecule has 0 unspecified atom stereocenters. The minimum absolute atomic E-state index is 0.0111. The van der Waals surface area contributed by atoms with Crippen LogP contribution in [-0.2, 0) is 14.3 Å². The Morgan fingerprint density at radius 1 is 1.35 bits per heavy atom. The predicted octanol–water partition coefficient (Wildman–Crippen LogP) is 0.722. The molecule has 7 atom stereocenters. The third kappa shape index (κ3) is 1.49. The van der Waals surface area contributed by atoms with Crippen molar-refractivity contribution < 1.29 is 24.5 Å². The van der Waals surface area contributed by atoms with Crippen LogP contribution in [0.25, 0.3) is 0 Å². The molecule has 114 valence electrons. The van der Waals surface area contributed by atoms with Crippen LogP contribution in [-0.4, -0.2) is 48.2 Å². The average Bonchev–Trinajstić information content (AvgIpc) is 2.87. The summed E-state index contributed by atoms with van der Waals surface area (Å²) in [5.74, 6) is 0.0904. The number of aliphatic hydroxyl groups excluding tert-OH is 2. The molecule has 0 amide bonds. The topological polar surface area (TPSA) is 76.0 Å². The summed E-state index contributed by atoms with van der Waals surface area (Å²) in [5, 5.41) is 21.4. The minimum Gasteiger partial charge on any atom is -0.393 e. The number of ketones is 1. The Balaban J connectivity index is 2.06. The Kier molecular flexibility index (Phi) is 3.25. The van der Waals surface area contributed by atoms with Crippen LogP contribution in [0.2, 0.25) is 0 Å². The first-order valence-electron chi connectivity index (χ1n) is 7.42. The van der Waals surface area contributed by atoms with Crippen molar-refractivity contribution in [3.63, 3.8) is 0 Å². The number of hydrogen-bond donors (Lipinski definition) is 2. The van der Waals surface area contributed by atoms with E-state index in [0.717, 1.165) is 12.8 Å². The maximum Gasteiger partial charge on any atom is 0.172 e. The Morgan fingerprint density at radius 3 is 2.65 bits per heavy atom. The molecule has 3 rings (SSSR count). The predicted molar refractivity (Wildman–Crippen MR) is 70.8 cm³/mol. The van der Waals surface area contributed by atoms with E-state index in [2.05, 4.69) is 6.92 Å². The van der Waals surface area contributed by atoms with Crippen molar-refractivity contribution in [2.45, 2.75) is 51.6 Å². The van der Waals surface area contributed by atoms with Gasteiger partial charge in [0, 0.05) is 12.5 Å². The molecule has 2 aliphatic carbocycles. The molecule has 5 nitrogen and oxygen atoms in total. The molecule has 2 saturated carbocycles. The molecule has 0 aromatic rings. The normalized spacial score (nSPS) is 55.5. The van der Waals surface area contributed by atoms with Gasteiger partial charge in [0.15, 0.2) is 12.1 Å². The number of rotatable bonds is 1. The summed E-state index contributed by atoms with van der Waals surface area (Å²) >= 11 is 0. The first-order chi connectivity index (χ1) is 9.38. The number of aliphatic hydroxyl groups is 2. The molecule has 1 saturated heterocycles. The van der Waals surface area contributed by atoms with E-state index in [-0.39, 0.29) is 24.2 Å². The van der Waals surface area contributed by atoms with Crippen molar-refractivity contribution in [1.82, 2.24) is 0 Å². The number of carbonyl (C=O) groups excluding carboxylic acids is 1. The minimum atomic E-state index is -1.01. The van der Waals surface area contributed by atoms with Gasteiger partial charge in [0.05, 0.1) is 12.2 Å². The highest BCUT2D eigenvalue weighted by Gasteiger charge is 2.71. The smallest absolute Gasteiger partial charge is 0.172 e. The van der Waals surface area contributed by atoms with Crippen LogP contribution >= 0.6 is 0 Å². The summed E-state index contributed by atoms with van der Waals surface area (Å²) in [5.41, 5.74) is -1.47. The first kappa shape index (κ1) is 14.4. The lowest BCUT2D eigenvalue weighted by molar-refractivity contribution is -0.181.